The van der Waals surface area contributed by atoms with Gasteiger partial charge < -0.3 is 15.4 Å². The Kier molecular flexibility index (Phi) is 9.14. The van der Waals surface area contributed by atoms with E-state index in [1.54, 1.807) is 24.4 Å². The smallest absolute Gasteiger partial charge is 0.406 e. The number of rotatable bonds is 12. The van der Waals surface area contributed by atoms with E-state index in [9.17, 15) is 22.8 Å². The lowest BCUT2D eigenvalue weighted by molar-refractivity contribution is -0.274. The zero-order chi connectivity index (χ0) is 27.7. The second-order valence-corrected chi connectivity index (χ2v) is 9.31. The topological polar surface area (TPSA) is 137 Å². The van der Waals surface area contributed by atoms with Crippen LogP contribution in [0.15, 0.2) is 54.9 Å². The molecule has 2 N–H and O–H groups in total. The van der Waals surface area contributed by atoms with E-state index in [2.05, 4.69) is 40.9 Å². The number of nitrogens with one attached hydrogen (secondary N) is 2. The number of pyridine rings is 1. The Morgan fingerprint density at radius 2 is 1.92 bits per heavy atom. The lowest BCUT2D eigenvalue weighted by atomic mass is 10.2. The number of halogens is 3. The number of carbonyl (C=O) groups is 2. The molecule has 0 saturated heterocycles. The molecule has 0 unspecified atom stereocenters. The van der Waals surface area contributed by atoms with Gasteiger partial charge in [0.2, 0.25) is 11.0 Å². The summed E-state index contributed by atoms with van der Waals surface area (Å²) in [5.74, 6) is -1.09. The van der Waals surface area contributed by atoms with Gasteiger partial charge >= 0.3 is 6.36 Å². The van der Waals surface area contributed by atoms with Crippen molar-refractivity contribution >= 4 is 28.3 Å². The second kappa shape index (κ2) is 12.9. The third-order valence-corrected chi connectivity index (χ3v) is 6.06. The summed E-state index contributed by atoms with van der Waals surface area (Å²) in [5.41, 5.74) is 1.19. The van der Waals surface area contributed by atoms with Crippen molar-refractivity contribution in [2.45, 2.75) is 45.1 Å². The number of hydrogen-bond acceptors (Lipinski definition) is 9. The molecular formula is C24H23F3N8O3S. The maximum Gasteiger partial charge on any atom is 0.573 e. The Balaban J connectivity index is 1.16. The molecule has 204 valence electrons. The molecule has 3 heterocycles. The first-order valence-corrected chi connectivity index (χ1v) is 12.6. The summed E-state index contributed by atoms with van der Waals surface area (Å²) in [6, 6.07) is 10.7. The largest absolute Gasteiger partial charge is 0.573 e. The van der Waals surface area contributed by atoms with Crippen LogP contribution in [0, 0.1) is 0 Å². The van der Waals surface area contributed by atoms with Gasteiger partial charge in [-0.3, -0.25) is 19.3 Å². The van der Waals surface area contributed by atoms with Crippen LogP contribution in [-0.2, 0) is 30.7 Å². The van der Waals surface area contributed by atoms with Gasteiger partial charge in [-0.1, -0.05) is 34.7 Å². The number of anilines is 1. The highest BCUT2D eigenvalue weighted by molar-refractivity contribution is 7.15. The summed E-state index contributed by atoms with van der Waals surface area (Å²) < 4.78 is 42.6. The van der Waals surface area contributed by atoms with E-state index in [1.807, 2.05) is 6.07 Å². The minimum atomic E-state index is -4.79. The van der Waals surface area contributed by atoms with Crippen LogP contribution in [0.1, 0.15) is 39.6 Å². The summed E-state index contributed by atoms with van der Waals surface area (Å²) in [6.45, 7) is 0.512. The van der Waals surface area contributed by atoms with E-state index in [4.69, 9.17) is 0 Å². The van der Waals surface area contributed by atoms with Crippen LogP contribution in [0.5, 0.6) is 5.75 Å². The summed E-state index contributed by atoms with van der Waals surface area (Å²) in [5, 5.41) is 22.4. The number of ether oxygens (including phenoxy) is 1. The van der Waals surface area contributed by atoms with Gasteiger partial charge in [-0.05, 0) is 42.7 Å². The monoisotopic (exact) mass is 560 g/mol. The molecule has 1 aromatic carbocycles. The van der Waals surface area contributed by atoms with Crippen LogP contribution in [-0.4, -0.2) is 48.4 Å². The van der Waals surface area contributed by atoms with E-state index < -0.39 is 12.3 Å². The Morgan fingerprint density at radius 3 is 2.72 bits per heavy atom. The molecule has 0 atom stereocenters. The highest BCUT2D eigenvalue weighted by Gasteiger charge is 2.31. The van der Waals surface area contributed by atoms with E-state index >= 15 is 0 Å². The summed E-state index contributed by atoms with van der Waals surface area (Å²) in [4.78, 5) is 28.6. The van der Waals surface area contributed by atoms with Crippen LogP contribution < -0.4 is 15.4 Å². The molecule has 0 aliphatic carbocycles. The number of alkyl halides is 3. The van der Waals surface area contributed by atoms with Crippen LogP contribution in [0.25, 0.3) is 0 Å². The molecule has 2 amide bonds. The Morgan fingerprint density at radius 1 is 1.05 bits per heavy atom. The molecule has 0 saturated carbocycles. The van der Waals surface area contributed by atoms with Gasteiger partial charge in [0.15, 0.2) is 5.69 Å². The fourth-order valence-electron chi connectivity index (χ4n) is 3.42. The van der Waals surface area contributed by atoms with Gasteiger partial charge in [-0.25, -0.2) is 0 Å². The maximum atomic E-state index is 12.4. The van der Waals surface area contributed by atoms with Gasteiger partial charge in [0, 0.05) is 31.4 Å². The van der Waals surface area contributed by atoms with Gasteiger partial charge in [0.25, 0.3) is 5.91 Å². The number of nitrogens with zero attached hydrogens (tertiary/aromatic N) is 6. The zero-order valence-electron chi connectivity index (χ0n) is 20.4. The van der Waals surface area contributed by atoms with Crippen molar-refractivity contribution < 1.29 is 27.5 Å². The molecule has 39 heavy (non-hydrogen) atoms. The van der Waals surface area contributed by atoms with E-state index in [1.165, 1.54) is 40.4 Å². The molecule has 11 nitrogen and oxygen atoms in total. The van der Waals surface area contributed by atoms with E-state index in [-0.39, 0.29) is 30.3 Å². The van der Waals surface area contributed by atoms with Crippen LogP contribution in [0.3, 0.4) is 0 Å². The average Bonchev–Trinajstić information content (AvgIpc) is 3.55. The number of hydrogen-bond donors (Lipinski definition) is 2. The minimum Gasteiger partial charge on any atom is -0.406 e. The molecule has 0 aliphatic heterocycles. The molecule has 0 spiro atoms. The maximum absolute atomic E-state index is 12.4. The van der Waals surface area contributed by atoms with Crippen molar-refractivity contribution in [1.82, 2.24) is 35.5 Å². The predicted molar refractivity (Wildman–Crippen MR) is 134 cm³/mol. The molecule has 4 rings (SSSR count). The highest BCUT2D eigenvalue weighted by Crippen LogP contribution is 2.23. The second-order valence-electron chi connectivity index (χ2n) is 8.25. The van der Waals surface area contributed by atoms with Gasteiger partial charge in [-0.15, -0.1) is 28.5 Å². The molecular weight excluding hydrogens is 537 g/mol. The molecule has 3 aromatic heterocycles. The van der Waals surface area contributed by atoms with Crippen molar-refractivity contribution in [3.8, 4) is 5.75 Å². The molecule has 0 fully saturated rings. The summed E-state index contributed by atoms with van der Waals surface area (Å²) in [6.07, 6.45) is 0.651. The molecule has 15 heteroatoms. The van der Waals surface area contributed by atoms with E-state index in [0.29, 0.717) is 29.4 Å². The number of amides is 2. The van der Waals surface area contributed by atoms with Crippen molar-refractivity contribution in [3.63, 3.8) is 0 Å². The summed E-state index contributed by atoms with van der Waals surface area (Å²) >= 11 is 1.31. The van der Waals surface area contributed by atoms with Crippen LogP contribution in [0.4, 0.5) is 18.3 Å². The first-order valence-electron chi connectivity index (χ1n) is 11.8. The average molecular weight is 561 g/mol. The van der Waals surface area contributed by atoms with Crippen molar-refractivity contribution in [2.24, 2.45) is 0 Å². The third-order valence-electron chi connectivity index (χ3n) is 5.17. The van der Waals surface area contributed by atoms with Crippen LogP contribution in [0.2, 0.25) is 0 Å². The van der Waals surface area contributed by atoms with Gasteiger partial charge in [0.05, 0.1) is 12.6 Å². The number of aryl methyl sites for hydroxylation is 2. The zero-order valence-corrected chi connectivity index (χ0v) is 21.2. The number of benzene rings is 1. The lowest BCUT2D eigenvalue weighted by Gasteiger charge is -2.10. The molecule has 0 aliphatic rings. The first-order chi connectivity index (χ1) is 18.7. The fraction of sp³-hybridized carbons (Fsp3) is 0.292. The summed E-state index contributed by atoms with van der Waals surface area (Å²) in [7, 11) is 0. The van der Waals surface area contributed by atoms with Crippen molar-refractivity contribution in [1.29, 1.82) is 0 Å². The minimum absolute atomic E-state index is 0.00577. The Labute approximate surface area is 224 Å². The predicted octanol–water partition coefficient (Wildman–Crippen LogP) is 3.56. The number of unbranched alkanes of at least 4 members (excludes halogenated alkanes) is 1. The van der Waals surface area contributed by atoms with Crippen molar-refractivity contribution in [2.75, 3.05) is 5.32 Å². The third kappa shape index (κ3) is 9.14. The van der Waals surface area contributed by atoms with E-state index in [0.717, 1.165) is 17.8 Å². The standard InChI is InChI=1S/C24H23F3N8O3S/c25-24(26,27)38-18-8-5-6-16(12-18)14-29-22(37)19-15-35(34-31-19)11-4-2-9-21-32-33-23(39-21)30-20(36)13-17-7-1-3-10-28-17/h1,3,5-8,10,12,15H,2,4,9,11,13-14H2,(H,29,37)(H,30,33,36). The van der Waals surface area contributed by atoms with Crippen molar-refractivity contribution in [3.05, 3.63) is 76.8 Å². The normalized spacial score (nSPS) is 11.3. The van der Waals surface area contributed by atoms with Crippen LogP contribution >= 0.6 is 11.3 Å². The number of aromatic nitrogens is 6. The Hall–Kier alpha value is -4.40. The quantitative estimate of drug-likeness (QED) is 0.251. The van der Waals surface area contributed by atoms with Gasteiger partial charge in [0.1, 0.15) is 10.8 Å². The number of carbonyl (C=O) groups excluding carboxylic acids is 2. The molecule has 0 bridgehead atoms. The first kappa shape index (κ1) is 27.6. The van der Waals surface area contributed by atoms with Gasteiger partial charge in [-0.2, -0.15) is 0 Å². The SMILES string of the molecule is O=C(Cc1ccccn1)Nc1nnc(CCCCn2cc(C(=O)NCc3cccc(OC(F)(F)F)c3)nn2)s1. The molecule has 0 radical (unpaired) electrons. The fourth-order valence-corrected chi connectivity index (χ4v) is 4.22. The molecule has 4 aromatic rings. The highest BCUT2D eigenvalue weighted by atomic mass is 32.1. The lowest BCUT2D eigenvalue weighted by Crippen LogP contribution is -2.23. The Bertz CT molecular complexity index is 1390.